The maximum Gasteiger partial charge on any atom is 0.274 e. The molecule has 0 radical (unpaired) electrons. The van der Waals surface area contributed by atoms with Crippen molar-refractivity contribution in [2.75, 3.05) is 13.7 Å². The summed E-state index contributed by atoms with van der Waals surface area (Å²) in [4.78, 5) is 28.4. The van der Waals surface area contributed by atoms with Crippen LogP contribution in [0.2, 0.25) is 0 Å². The van der Waals surface area contributed by atoms with E-state index in [0.717, 1.165) is 5.56 Å². The summed E-state index contributed by atoms with van der Waals surface area (Å²) in [5.41, 5.74) is 0.832. The molecule has 0 aliphatic carbocycles. The smallest absolute Gasteiger partial charge is 0.274 e. The molecular formula is C24H32N2O5. The fraction of sp³-hybridized carbons (Fsp3) is 0.458. The number of nitrogens with zero attached hydrogens (tertiary/aromatic N) is 1. The first-order chi connectivity index (χ1) is 14.6. The van der Waals surface area contributed by atoms with Crippen molar-refractivity contribution in [3.05, 3.63) is 53.3 Å². The van der Waals surface area contributed by atoms with E-state index in [1.54, 1.807) is 6.92 Å². The maximum absolute atomic E-state index is 12.6. The van der Waals surface area contributed by atoms with Gasteiger partial charge in [-0.2, -0.15) is 0 Å². The molecule has 0 aliphatic rings. The van der Waals surface area contributed by atoms with Gasteiger partial charge in [0, 0.05) is 18.2 Å². The maximum atomic E-state index is 12.6. The first-order valence-electron chi connectivity index (χ1n) is 10.3. The number of methoxy groups -OCH3 is 1. The molecule has 1 heterocycles. The van der Waals surface area contributed by atoms with Gasteiger partial charge in [-0.3, -0.25) is 4.79 Å². The van der Waals surface area contributed by atoms with Crippen LogP contribution >= 0.6 is 0 Å². The number of rotatable bonds is 10. The van der Waals surface area contributed by atoms with E-state index in [2.05, 4.69) is 48.4 Å². The van der Waals surface area contributed by atoms with Crippen molar-refractivity contribution in [1.82, 2.24) is 10.3 Å². The lowest BCUT2D eigenvalue weighted by Gasteiger charge is -2.32. The largest absolute Gasteiger partial charge is 0.503 e. The van der Waals surface area contributed by atoms with Gasteiger partial charge in [0.05, 0.1) is 19.8 Å². The number of hydrogen-bond donors (Lipinski definition) is 2. The molecule has 0 bridgehead atoms. The quantitative estimate of drug-likeness (QED) is 0.561. The summed E-state index contributed by atoms with van der Waals surface area (Å²) in [6, 6.07) is 9.77. The van der Waals surface area contributed by atoms with E-state index in [4.69, 9.17) is 9.47 Å². The van der Waals surface area contributed by atoms with Crippen LogP contribution in [-0.4, -0.2) is 47.6 Å². The number of aromatic hydroxyl groups is 1. The third kappa shape index (κ3) is 6.04. The van der Waals surface area contributed by atoms with Gasteiger partial charge in [-0.1, -0.05) is 43.7 Å². The van der Waals surface area contributed by atoms with Crippen LogP contribution in [0.5, 0.6) is 11.5 Å². The second kappa shape index (κ2) is 10.4. The van der Waals surface area contributed by atoms with Crippen molar-refractivity contribution >= 4 is 12.2 Å². The first kappa shape index (κ1) is 24.3. The predicted octanol–water partition coefficient (Wildman–Crippen LogP) is 3.64. The summed E-state index contributed by atoms with van der Waals surface area (Å²) in [6.45, 7) is 9.81. The van der Waals surface area contributed by atoms with Crippen LogP contribution in [0.3, 0.4) is 0 Å². The molecule has 0 saturated carbocycles. The van der Waals surface area contributed by atoms with Crippen molar-refractivity contribution in [3.8, 4) is 11.5 Å². The Balaban J connectivity index is 2.12. The molecule has 0 saturated heterocycles. The second-order valence-electron chi connectivity index (χ2n) is 8.40. The fourth-order valence-corrected chi connectivity index (χ4v) is 3.58. The molecule has 1 amide bonds. The van der Waals surface area contributed by atoms with E-state index in [1.807, 2.05) is 13.8 Å². The van der Waals surface area contributed by atoms with Gasteiger partial charge < -0.3 is 24.7 Å². The van der Waals surface area contributed by atoms with Gasteiger partial charge in [-0.15, -0.1) is 0 Å². The Kier molecular flexibility index (Phi) is 8.16. The summed E-state index contributed by atoms with van der Waals surface area (Å²) >= 11 is 0. The topological polar surface area (TPSA) is 97.8 Å². The van der Waals surface area contributed by atoms with Crippen LogP contribution in [0.1, 0.15) is 55.2 Å². The molecular weight excluding hydrogens is 396 g/mol. The number of pyridine rings is 1. The zero-order valence-corrected chi connectivity index (χ0v) is 19.0. The highest BCUT2D eigenvalue weighted by Gasteiger charge is 2.32. The zero-order chi connectivity index (χ0) is 23.2. The normalized spacial score (nSPS) is 15.1. The van der Waals surface area contributed by atoms with Crippen LogP contribution in [0, 0.1) is 12.8 Å². The highest BCUT2D eigenvalue weighted by molar-refractivity contribution is 5.97. The summed E-state index contributed by atoms with van der Waals surface area (Å²) in [7, 11) is 1.38. The molecule has 3 atom stereocenters. The van der Waals surface area contributed by atoms with Crippen LogP contribution in [0.4, 0.5) is 0 Å². The Labute approximate surface area is 183 Å². The Morgan fingerprint density at radius 1 is 1.23 bits per heavy atom. The number of hydrogen-bond acceptors (Lipinski definition) is 6. The third-order valence-corrected chi connectivity index (χ3v) is 5.31. The van der Waals surface area contributed by atoms with Crippen molar-refractivity contribution in [2.45, 2.75) is 52.2 Å². The number of amides is 1. The molecule has 0 unspecified atom stereocenters. The molecule has 1 aromatic carbocycles. The van der Waals surface area contributed by atoms with Gasteiger partial charge >= 0.3 is 0 Å². The van der Waals surface area contributed by atoms with E-state index >= 15 is 0 Å². The van der Waals surface area contributed by atoms with Crippen molar-refractivity contribution in [3.63, 3.8) is 0 Å². The van der Waals surface area contributed by atoms with Crippen LogP contribution in [-0.2, 0) is 9.53 Å². The fourth-order valence-electron chi connectivity index (χ4n) is 3.58. The SMILES string of the molecule is COc1ccnc(C(=O)N[C@](C)(C=O)CO[C@@H](C)[C@H](c2ccc(C)cc2)C(C)C)c1O. The second-order valence-corrected chi connectivity index (χ2v) is 8.40. The number of benzene rings is 1. The highest BCUT2D eigenvalue weighted by Crippen LogP contribution is 2.31. The lowest BCUT2D eigenvalue weighted by Crippen LogP contribution is -2.52. The van der Waals surface area contributed by atoms with Crippen LogP contribution in [0.25, 0.3) is 0 Å². The van der Waals surface area contributed by atoms with Gasteiger partial charge in [0.2, 0.25) is 0 Å². The molecule has 1 aromatic heterocycles. The Bertz CT molecular complexity index is 897. The van der Waals surface area contributed by atoms with Gasteiger partial charge in [-0.05, 0) is 32.3 Å². The number of ether oxygens (including phenoxy) is 2. The van der Waals surface area contributed by atoms with Crippen LogP contribution < -0.4 is 10.1 Å². The van der Waals surface area contributed by atoms with E-state index in [-0.39, 0.29) is 35.8 Å². The predicted molar refractivity (Wildman–Crippen MR) is 119 cm³/mol. The molecule has 2 rings (SSSR count). The minimum absolute atomic E-state index is 0.0246. The Morgan fingerprint density at radius 3 is 2.42 bits per heavy atom. The molecule has 2 aromatic rings. The monoisotopic (exact) mass is 428 g/mol. The molecule has 31 heavy (non-hydrogen) atoms. The summed E-state index contributed by atoms with van der Waals surface area (Å²) in [6.07, 6.45) is 1.78. The van der Waals surface area contributed by atoms with E-state index in [0.29, 0.717) is 12.2 Å². The van der Waals surface area contributed by atoms with Gasteiger partial charge in [0.15, 0.2) is 17.2 Å². The molecule has 2 N–H and O–H groups in total. The van der Waals surface area contributed by atoms with Gasteiger partial charge in [0.1, 0.15) is 11.8 Å². The molecule has 0 spiro atoms. The number of aromatic nitrogens is 1. The highest BCUT2D eigenvalue weighted by atomic mass is 16.5. The third-order valence-electron chi connectivity index (χ3n) is 5.31. The molecule has 168 valence electrons. The van der Waals surface area contributed by atoms with E-state index in [1.165, 1.54) is 24.9 Å². The Morgan fingerprint density at radius 2 is 1.87 bits per heavy atom. The molecule has 0 fully saturated rings. The number of carbonyl (C=O) groups excluding carboxylic acids is 2. The van der Waals surface area contributed by atoms with Crippen molar-refractivity contribution in [2.24, 2.45) is 5.92 Å². The van der Waals surface area contributed by atoms with Crippen LogP contribution in [0.15, 0.2) is 36.5 Å². The van der Waals surface area contributed by atoms with Gasteiger partial charge in [0.25, 0.3) is 5.91 Å². The van der Waals surface area contributed by atoms with Crippen molar-refractivity contribution < 1.29 is 24.2 Å². The lowest BCUT2D eigenvalue weighted by atomic mass is 9.84. The standard InChI is InChI=1S/C24H32N2O5/c1-15(2)20(18-9-7-16(3)8-10-18)17(4)31-14-24(5,13-27)26-23(29)21-22(28)19(30-6)11-12-25-21/h7-13,15,17,20,28H,14H2,1-6H3,(H,26,29)/t17-,20+,24+/m0/s1. The Hall–Kier alpha value is -2.93. The summed E-state index contributed by atoms with van der Waals surface area (Å²) in [5, 5.41) is 12.8. The summed E-state index contributed by atoms with van der Waals surface area (Å²) in [5.74, 6) is -0.523. The number of carbonyl (C=O) groups is 2. The lowest BCUT2D eigenvalue weighted by molar-refractivity contribution is -0.116. The minimum Gasteiger partial charge on any atom is -0.503 e. The van der Waals surface area contributed by atoms with Crippen molar-refractivity contribution in [1.29, 1.82) is 0 Å². The number of aldehydes is 1. The molecule has 7 nitrogen and oxygen atoms in total. The molecule has 0 aliphatic heterocycles. The average molecular weight is 429 g/mol. The number of nitrogens with one attached hydrogen (secondary N) is 1. The molecule has 7 heteroatoms. The minimum atomic E-state index is -1.29. The number of aryl methyl sites for hydroxylation is 1. The van der Waals surface area contributed by atoms with E-state index in [9.17, 15) is 14.7 Å². The van der Waals surface area contributed by atoms with Gasteiger partial charge in [-0.25, -0.2) is 4.98 Å². The summed E-state index contributed by atoms with van der Waals surface area (Å²) < 4.78 is 11.1. The average Bonchev–Trinajstić information content (AvgIpc) is 2.73. The first-order valence-corrected chi connectivity index (χ1v) is 10.3. The van der Waals surface area contributed by atoms with E-state index < -0.39 is 11.4 Å². The zero-order valence-electron chi connectivity index (χ0n) is 19.0.